The number of benzene rings is 1. The summed E-state index contributed by atoms with van der Waals surface area (Å²) < 4.78 is 7.73. The Bertz CT molecular complexity index is 481. The van der Waals surface area contributed by atoms with Crippen LogP contribution in [0.2, 0.25) is 0 Å². The second kappa shape index (κ2) is 7.75. The van der Waals surface area contributed by atoms with Crippen molar-refractivity contribution in [2.75, 3.05) is 19.7 Å². The first-order chi connectivity index (χ1) is 9.61. The van der Waals surface area contributed by atoms with E-state index in [-0.39, 0.29) is 12.0 Å². The number of amides is 1. The molecule has 1 heterocycles. The van der Waals surface area contributed by atoms with Gasteiger partial charge in [0.25, 0.3) is 5.91 Å². The molecule has 2 rings (SSSR count). The highest BCUT2D eigenvalue weighted by Crippen LogP contribution is 2.23. The fourth-order valence-electron chi connectivity index (χ4n) is 2.37. The van der Waals surface area contributed by atoms with Crippen LogP contribution in [0.25, 0.3) is 0 Å². The molecule has 0 radical (unpaired) electrons. The quantitative estimate of drug-likeness (QED) is 0.645. The highest BCUT2D eigenvalue weighted by molar-refractivity contribution is 14.1. The van der Waals surface area contributed by atoms with Gasteiger partial charge in [0, 0.05) is 27.7 Å². The first-order valence-corrected chi connectivity index (χ1v) is 8.85. The Morgan fingerprint density at radius 3 is 3.10 bits per heavy atom. The average molecular weight is 452 g/mol. The second-order valence-electron chi connectivity index (χ2n) is 5.01. The number of piperidine rings is 1. The maximum Gasteiger partial charge on any atom is 0.255 e. The molecule has 1 fully saturated rings. The summed E-state index contributed by atoms with van der Waals surface area (Å²) >= 11 is 5.71. The highest BCUT2D eigenvalue weighted by Gasteiger charge is 2.25. The number of ether oxygens (including phenoxy) is 1. The number of rotatable bonds is 4. The van der Waals surface area contributed by atoms with E-state index >= 15 is 0 Å². The van der Waals surface area contributed by atoms with Gasteiger partial charge in [0.2, 0.25) is 0 Å². The van der Waals surface area contributed by atoms with Crippen LogP contribution in [-0.4, -0.2) is 36.6 Å². The molecule has 0 spiro atoms. The lowest BCUT2D eigenvalue weighted by molar-refractivity contribution is 0.00208. The minimum Gasteiger partial charge on any atom is -0.376 e. The molecule has 1 aliphatic heterocycles. The third kappa shape index (κ3) is 4.18. The van der Waals surface area contributed by atoms with E-state index in [0.717, 1.165) is 46.0 Å². The summed E-state index contributed by atoms with van der Waals surface area (Å²) in [7, 11) is 0. The van der Waals surface area contributed by atoms with Crippen molar-refractivity contribution in [1.29, 1.82) is 0 Å². The van der Waals surface area contributed by atoms with E-state index in [0.29, 0.717) is 6.54 Å². The summed E-state index contributed by atoms with van der Waals surface area (Å²) in [6.45, 7) is 4.41. The van der Waals surface area contributed by atoms with Gasteiger partial charge >= 0.3 is 0 Å². The van der Waals surface area contributed by atoms with Gasteiger partial charge in [0.15, 0.2) is 0 Å². The zero-order chi connectivity index (χ0) is 14.5. The number of carbonyl (C=O) groups is 1. The third-order valence-corrected chi connectivity index (χ3v) is 4.74. The molecule has 110 valence electrons. The van der Waals surface area contributed by atoms with Gasteiger partial charge in [0.1, 0.15) is 0 Å². The molecule has 1 saturated heterocycles. The molecule has 20 heavy (non-hydrogen) atoms. The molecule has 0 N–H and O–H groups in total. The second-order valence-corrected chi connectivity index (χ2v) is 7.11. The molecule has 3 nitrogen and oxygen atoms in total. The fraction of sp³-hybridized carbons (Fsp3) is 0.533. The molecular weight excluding hydrogens is 433 g/mol. The summed E-state index contributed by atoms with van der Waals surface area (Å²) in [5, 5.41) is 0. The Kier molecular flexibility index (Phi) is 6.29. The van der Waals surface area contributed by atoms with Crippen molar-refractivity contribution in [2.45, 2.75) is 32.3 Å². The largest absolute Gasteiger partial charge is 0.376 e. The lowest BCUT2D eigenvalue weighted by Gasteiger charge is -2.33. The smallest absolute Gasteiger partial charge is 0.255 e. The van der Waals surface area contributed by atoms with Crippen molar-refractivity contribution >= 4 is 44.4 Å². The van der Waals surface area contributed by atoms with E-state index in [1.165, 1.54) is 0 Å². The SMILES string of the molecule is CCCOC1CCCN(C(=O)c2cc(I)ccc2Br)C1. The van der Waals surface area contributed by atoms with Crippen molar-refractivity contribution in [3.63, 3.8) is 0 Å². The Balaban J connectivity index is 2.06. The molecule has 1 aliphatic rings. The van der Waals surface area contributed by atoms with E-state index in [9.17, 15) is 4.79 Å². The van der Waals surface area contributed by atoms with Gasteiger partial charge in [-0.05, 0) is 76.0 Å². The topological polar surface area (TPSA) is 29.5 Å². The Hall–Kier alpha value is -0.140. The van der Waals surface area contributed by atoms with Crippen LogP contribution in [0.5, 0.6) is 0 Å². The number of nitrogens with zero attached hydrogens (tertiary/aromatic N) is 1. The average Bonchev–Trinajstić information content (AvgIpc) is 2.47. The van der Waals surface area contributed by atoms with Crippen LogP contribution in [0, 0.1) is 3.57 Å². The minimum absolute atomic E-state index is 0.0974. The van der Waals surface area contributed by atoms with Crippen LogP contribution in [0.1, 0.15) is 36.5 Å². The maximum atomic E-state index is 12.6. The summed E-state index contributed by atoms with van der Waals surface area (Å²) in [5.74, 6) is 0.0974. The van der Waals surface area contributed by atoms with Gasteiger partial charge in [0.05, 0.1) is 11.7 Å². The number of halogens is 2. The predicted molar refractivity (Wildman–Crippen MR) is 92.0 cm³/mol. The summed E-state index contributed by atoms with van der Waals surface area (Å²) in [5.41, 5.74) is 0.744. The van der Waals surface area contributed by atoms with E-state index in [1.54, 1.807) is 0 Å². The van der Waals surface area contributed by atoms with Crippen LogP contribution in [0.15, 0.2) is 22.7 Å². The molecule has 0 aromatic heterocycles. The van der Waals surface area contributed by atoms with Crippen molar-refractivity contribution in [3.8, 4) is 0 Å². The number of hydrogen-bond acceptors (Lipinski definition) is 2. The zero-order valence-electron chi connectivity index (χ0n) is 11.6. The first kappa shape index (κ1) is 16.2. The normalized spacial score (nSPS) is 19.1. The van der Waals surface area contributed by atoms with Gasteiger partial charge < -0.3 is 9.64 Å². The van der Waals surface area contributed by atoms with Crippen molar-refractivity contribution < 1.29 is 9.53 Å². The molecule has 5 heteroatoms. The summed E-state index contributed by atoms with van der Waals surface area (Å²) in [6.07, 6.45) is 3.28. The third-order valence-electron chi connectivity index (χ3n) is 3.38. The highest BCUT2D eigenvalue weighted by atomic mass is 127. The Labute approximate surface area is 142 Å². The van der Waals surface area contributed by atoms with Crippen LogP contribution in [0.3, 0.4) is 0 Å². The number of likely N-dealkylation sites (tertiary alicyclic amines) is 1. The molecule has 0 aliphatic carbocycles. The fourth-order valence-corrected chi connectivity index (χ4v) is 3.28. The molecule has 0 bridgehead atoms. The van der Waals surface area contributed by atoms with Crippen molar-refractivity contribution in [1.82, 2.24) is 4.90 Å². The van der Waals surface area contributed by atoms with Gasteiger partial charge in [-0.1, -0.05) is 6.92 Å². The predicted octanol–water partition coefficient (Wildman–Crippen LogP) is 4.08. The Morgan fingerprint density at radius 2 is 2.35 bits per heavy atom. The molecule has 1 aromatic carbocycles. The van der Waals surface area contributed by atoms with Gasteiger partial charge in [-0.2, -0.15) is 0 Å². The van der Waals surface area contributed by atoms with E-state index < -0.39 is 0 Å². The van der Waals surface area contributed by atoms with Gasteiger partial charge in [-0.25, -0.2) is 0 Å². The zero-order valence-corrected chi connectivity index (χ0v) is 15.3. The number of hydrogen-bond donors (Lipinski definition) is 0. The molecule has 1 amide bonds. The standard InChI is InChI=1S/C15H19BrINO2/c1-2-8-20-12-4-3-7-18(10-12)15(19)13-9-11(17)5-6-14(13)16/h5-6,9,12H,2-4,7-8,10H2,1H3. The van der Waals surface area contributed by atoms with Crippen LogP contribution >= 0.6 is 38.5 Å². The monoisotopic (exact) mass is 451 g/mol. The van der Waals surface area contributed by atoms with Gasteiger partial charge in [-0.3, -0.25) is 4.79 Å². The van der Waals surface area contributed by atoms with Crippen molar-refractivity contribution in [3.05, 3.63) is 31.8 Å². The van der Waals surface area contributed by atoms with E-state index in [1.807, 2.05) is 23.1 Å². The summed E-state index contributed by atoms with van der Waals surface area (Å²) in [4.78, 5) is 14.5. The molecule has 1 atom stereocenters. The van der Waals surface area contributed by atoms with Gasteiger partial charge in [-0.15, -0.1) is 0 Å². The molecular formula is C15H19BrINO2. The van der Waals surface area contributed by atoms with E-state index in [2.05, 4.69) is 45.4 Å². The minimum atomic E-state index is 0.0974. The molecule has 1 unspecified atom stereocenters. The van der Waals surface area contributed by atoms with Crippen LogP contribution in [0.4, 0.5) is 0 Å². The lowest BCUT2D eigenvalue weighted by Crippen LogP contribution is -2.43. The first-order valence-electron chi connectivity index (χ1n) is 6.97. The maximum absolute atomic E-state index is 12.6. The number of carbonyl (C=O) groups excluding carboxylic acids is 1. The lowest BCUT2D eigenvalue weighted by atomic mass is 10.1. The molecule has 0 saturated carbocycles. The molecule has 1 aromatic rings. The van der Waals surface area contributed by atoms with Crippen molar-refractivity contribution in [2.24, 2.45) is 0 Å². The van der Waals surface area contributed by atoms with Crippen LogP contribution in [-0.2, 0) is 4.74 Å². The Morgan fingerprint density at radius 1 is 1.55 bits per heavy atom. The summed E-state index contributed by atoms with van der Waals surface area (Å²) in [6, 6.07) is 5.86. The van der Waals surface area contributed by atoms with E-state index in [4.69, 9.17) is 4.74 Å². The van der Waals surface area contributed by atoms with Crippen LogP contribution < -0.4 is 0 Å².